The topological polar surface area (TPSA) is 0 Å². The summed E-state index contributed by atoms with van der Waals surface area (Å²) in [6, 6.07) is 16.8. The molecule has 1 aliphatic carbocycles. The molecule has 0 unspecified atom stereocenters. The van der Waals surface area contributed by atoms with E-state index in [0.717, 1.165) is 21.2 Å². The minimum atomic E-state index is -0.0357. The maximum Gasteiger partial charge on any atom is 0.0175 e. The van der Waals surface area contributed by atoms with Crippen molar-refractivity contribution in [1.29, 1.82) is 0 Å². The Balaban J connectivity index is 0.000000791. The number of halogens is 1. The summed E-state index contributed by atoms with van der Waals surface area (Å²) in [6.07, 6.45) is 2.19. The quantitative estimate of drug-likeness (QED) is 0.465. The van der Waals surface area contributed by atoms with Gasteiger partial charge in [-0.15, -0.1) is 0 Å². The molecule has 0 fully saturated rings. The van der Waals surface area contributed by atoms with Gasteiger partial charge in [0.25, 0.3) is 0 Å². The molecule has 1 heteroatoms. The highest BCUT2D eigenvalue weighted by molar-refractivity contribution is 9.10. The van der Waals surface area contributed by atoms with E-state index in [1.165, 1.54) is 16.7 Å². The fourth-order valence-corrected chi connectivity index (χ4v) is 3.41. The van der Waals surface area contributed by atoms with Gasteiger partial charge in [0.05, 0.1) is 0 Å². The molecule has 2 aromatic rings. The lowest BCUT2D eigenvalue weighted by Crippen LogP contribution is -2.15. The van der Waals surface area contributed by atoms with Gasteiger partial charge in [-0.2, -0.15) is 0 Å². The van der Waals surface area contributed by atoms with Gasteiger partial charge in [-0.25, -0.2) is 0 Å². The molecule has 0 heterocycles. The second-order valence-electron chi connectivity index (χ2n) is 6.24. The third-order valence-corrected chi connectivity index (χ3v) is 4.99. The molecule has 0 radical (unpaired) electrons. The molecule has 0 amide bonds. The van der Waals surface area contributed by atoms with Gasteiger partial charge >= 0.3 is 0 Å². The number of fused-ring (bicyclic) bond motifs is 1. The monoisotopic (exact) mass is 410 g/mol. The molecule has 0 saturated carbocycles. The van der Waals surface area contributed by atoms with E-state index in [2.05, 4.69) is 85.4 Å². The van der Waals surface area contributed by atoms with Crippen LogP contribution in [0.15, 0.2) is 77.8 Å². The Bertz CT molecular complexity index is 789. The van der Waals surface area contributed by atoms with E-state index in [-0.39, 0.29) is 5.41 Å². The van der Waals surface area contributed by atoms with Crippen molar-refractivity contribution in [2.45, 2.75) is 47.0 Å². The van der Waals surface area contributed by atoms with Crippen LogP contribution in [0.25, 0.3) is 11.1 Å². The molecule has 0 aromatic heterocycles. The number of benzene rings is 2. The van der Waals surface area contributed by atoms with Crippen LogP contribution in [0.5, 0.6) is 0 Å². The minimum absolute atomic E-state index is 0.0357. The number of rotatable bonds is 2. The van der Waals surface area contributed by atoms with E-state index in [1.807, 2.05) is 39.8 Å². The summed E-state index contributed by atoms with van der Waals surface area (Å²) in [5.74, 6) is 0. The first-order valence-corrected chi connectivity index (χ1v) is 10.2. The first kappa shape index (κ1) is 22.2. The van der Waals surface area contributed by atoms with Crippen LogP contribution in [0, 0.1) is 0 Å². The Morgan fingerprint density at radius 3 is 2.00 bits per heavy atom. The van der Waals surface area contributed by atoms with Crippen LogP contribution < -0.4 is 0 Å². The molecule has 2 aromatic carbocycles. The Kier molecular flexibility index (Phi) is 8.30. The van der Waals surface area contributed by atoms with E-state index in [9.17, 15) is 0 Å². The predicted octanol–water partition coefficient (Wildman–Crippen LogP) is 8.45. The molecular weight excluding hydrogens is 380 g/mol. The molecule has 0 atom stereocenters. The molecule has 0 nitrogen and oxygen atoms in total. The Labute approximate surface area is 168 Å². The van der Waals surface area contributed by atoms with Gasteiger partial charge in [-0.3, -0.25) is 0 Å². The van der Waals surface area contributed by atoms with Crippen LogP contribution in [0.3, 0.4) is 0 Å². The third-order valence-electron chi connectivity index (χ3n) is 4.46. The van der Waals surface area contributed by atoms with E-state index >= 15 is 0 Å². The lowest BCUT2D eigenvalue weighted by Gasteiger charge is -2.22. The summed E-state index contributed by atoms with van der Waals surface area (Å²) >= 11 is 3.47. The first-order valence-electron chi connectivity index (χ1n) is 9.37. The smallest absolute Gasteiger partial charge is 0.0175 e. The zero-order valence-corrected chi connectivity index (χ0v) is 18.6. The molecule has 3 rings (SSSR count). The van der Waals surface area contributed by atoms with Crippen molar-refractivity contribution in [3.63, 3.8) is 0 Å². The largest absolute Gasteiger partial charge is 0.0911 e. The lowest BCUT2D eigenvalue weighted by molar-refractivity contribution is 0.661. The highest BCUT2D eigenvalue weighted by Crippen LogP contribution is 2.49. The fourth-order valence-electron chi connectivity index (χ4n) is 3.15. The summed E-state index contributed by atoms with van der Waals surface area (Å²) in [4.78, 5) is 0. The Morgan fingerprint density at radius 2 is 1.46 bits per heavy atom. The summed E-state index contributed by atoms with van der Waals surface area (Å²) < 4.78 is 1.08. The summed E-state index contributed by atoms with van der Waals surface area (Å²) in [6.45, 7) is 21.1. The van der Waals surface area contributed by atoms with Gasteiger partial charge in [0, 0.05) is 9.89 Å². The number of hydrogen-bond donors (Lipinski definition) is 0. The van der Waals surface area contributed by atoms with E-state index in [0.29, 0.717) is 0 Å². The number of allylic oxidation sites excluding steroid dienone is 4. The highest BCUT2D eigenvalue weighted by atomic mass is 79.9. The van der Waals surface area contributed by atoms with Crippen LogP contribution >= 0.6 is 15.9 Å². The van der Waals surface area contributed by atoms with Crippen molar-refractivity contribution in [2.24, 2.45) is 0 Å². The molecule has 0 aliphatic heterocycles. The summed E-state index contributed by atoms with van der Waals surface area (Å²) in [5, 5.41) is 0. The van der Waals surface area contributed by atoms with Gasteiger partial charge in [0.1, 0.15) is 0 Å². The predicted molar refractivity (Wildman–Crippen MR) is 122 cm³/mol. The zero-order chi connectivity index (χ0) is 19.9. The van der Waals surface area contributed by atoms with Crippen LogP contribution in [0.1, 0.15) is 58.2 Å². The molecule has 138 valence electrons. The zero-order valence-electron chi connectivity index (χ0n) is 17.0. The Morgan fingerprint density at radius 1 is 0.923 bits per heavy atom. The van der Waals surface area contributed by atoms with Gasteiger partial charge in [-0.05, 0) is 45.5 Å². The van der Waals surface area contributed by atoms with Crippen molar-refractivity contribution >= 4 is 27.1 Å². The molecule has 0 N–H and O–H groups in total. The van der Waals surface area contributed by atoms with Gasteiger partial charge in [0.15, 0.2) is 0 Å². The Hall–Kier alpha value is -1.86. The summed E-state index contributed by atoms with van der Waals surface area (Å²) in [5.41, 5.74) is 7.07. The van der Waals surface area contributed by atoms with Gasteiger partial charge in [0.2, 0.25) is 0 Å². The summed E-state index contributed by atoms with van der Waals surface area (Å²) in [7, 11) is 0. The fraction of sp³-hybridized carbons (Fsp3) is 0.280. The molecule has 0 saturated heterocycles. The second kappa shape index (κ2) is 9.73. The maximum atomic E-state index is 4.32. The average Bonchev–Trinajstić information content (AvgIpc) is 2.87. The standard InChI is InChI=1S/C21H19Br.2C2H6/c1-14(16-9-11-17(22)12-10-16)13-20-15(2)18-7-5-6-8-19(18)21(20,3)4;2*1-2/h5-13H,1-2H2,3-4H3;2*1-2H3/b20-13+;;. The van der Waals surface area contributed by atoms with Crippen molar-refractivity contribution in [2.75, 3.05) is 0 Å². The van der Waals surface area contributed by atoms with Crippen LogP contribution in [0.4, 0.5) is 0 Å². The van der Waals surface area contributed by atoms with Crippen molar-refractivity contribution in [3.05, 3.63) is 94.5 Å². The van der Waals surface area contributed by atoms with Gasteiger partial charge in [-0.1, -0.05) is 113 Å². The van der Waals surface area contributed by atoms with E-state index in [1.54, 1.807) is 0 Å². The maximum absolute atomic E-state index is 4.32. The third kappa shape index (κ3) is 4.45. The van der Waals surface area contributed by atoms with Crippen molar-refractivity contribution in [1.82, 2.24) is 0 Å². The average molecular weight is 411 g/mol. The van der Waals surface area contributed by atoms with Crippen LogP contribution in [-0.4, -0.2) is 0 Å². The SMILES string of the molecule is C=C(/C=C1\C(=C)c2ccccc2C1(C)C)c1ccc(Br)cc1.CC.CC. The normalized spacial score (nSPS) is 15.3. The van der Waals surface area contributed by atoms with Crippen LogP contribution in [0.2, 0.25) is 0 Å². The lowest BCUT2D eigenvalue weighted by atomic mass is 9.81. The minimum Gasteiger partial charge on any atom is -0.0911 e. The van der Waals surface area contributed by atoms with E-state index < -0.39 is 0 Å². The number of hydrogen-bond acceptors (Lipinski definition) is 0. The molecule has 0 spiro atoms. The van der Waals surface area contributed by atoms with Gasteiger partial charge < -0.3 is 0 Å². The van der Waals surface area contributed by atoms with Crippen molar-refractivity contribution < 1.29 is 0 Å². The molecule has 26 heavy (non-hydrogen) atoms. The highest BCUT2D eigenvalue weighted by Gasteiger charge is 2.36. The first-order chi connectivity index (χ1) is 12.4. The van der Waals surface area contributed by atoms with Crippen LogP contribution in [-0.2, 0) is 5.41 Å². The molecule has 1 aliphatic rings. The van der Waals surface area contributed by atoms with E-state index in [4.69, 9.17) is 0 Å². The van der Waals surface area contributed by atoms with Crippen molar-refractivity contribution in [3.8, 4) is 0 Å². The molecule has 0 bridgehead atoms. The molecular formula is C25H31Br. The second-order valence-corrected chi connectivity index (χ2v) is 7.15.